The van der Waals surface area contributed by atoms with Crippen LogP contribution < -0.4 is 26.2 Å². The van der Waals surface area contributed by atoms with Crippen LogP contribution in [0.1, 0.15) is 11.1 Å². The Kier molecular flexibility index (Phi) is 4.22. The second-order valence-electron chi connectivity index (χ2n) is 5.50. The van der Waals surface area contributed by atoms with Crippen LogP contribution in [0.15, 0.2) is 53.5 Å². The molecule has 1 atom stereocenters. The van der Waals surface area contributed by atoms with Gasteiger partial charge in [0.05, 0.1) is 11.3 Å². The van der Waals surface area contributed by atoms with Crippen molar-refractivity contribution in [2.75, 3.05) is 7.05 Å². The third-order valence-corrected chi connectivity index (χ3v) is 3.94. The topological polar surface area (TPSA) is 70.5 Å². The molecule has 1 aliphatic rings. The van der Waals surface area contributed by atoms with Crippen LogP contribution >= 0.6 is 12.2 Å². The van der Waals surface area contributed by atoms with Gasteiger partial charge in [0.25, 0.3) is 0 Å². The number of benzene rings is 2. The van der Waals surface area contributed by atoms with Gasteiger partial charge in [-0.05, 0) is 29.6 Å². The molecule has 3 N–H and O–H groups in total. The zero-order chi connectivity index (χ0) is 17.3. The SMILES string of the molecule is C=c1ccc2c(c1)C(c1ccccc1)=NC(NC(N)=S)C(=O)[N+]=2C. The summed E-state index contributed by atoms with van der Waals surface area (Å²) in [6.45, 7) is 3.98. The molecule has 0 saturated heterocycles. The minimum absolute atomic E-state index is 0.0294. The molecule has 2 aromatic rings. The average Bonchev–Trinajstić information content (AvgIpc) is 2.66. The molecule has 120 valence electrons. The molecule has 1 amide bonds. The Morgan fingerprint density at radius 3 is 2.67 bits per heavy atom. The van der Waals surface area contributed by atoms with Crippen LogP contribution in [0.2, 0.25) is 0 Å². The van der Waals surface area contributed by atoms with E-state index >= 15 is 0 Å². The van der Waals surface area contributed by atoms with Crippen LogP contribution in [-0.4, -0.2) is 29.9 Å². The van der Waals surface area contributed by atoms with Gasteiger partial charge in [-0.3, -0.25) is 0 Å². The molecule has 0 aromatic heterocycles. The highest BCUT2D eigenvalue weighted by molar-refractivity contribution is 7.80. The van der Waals surface area contributed by atoms with Crippen LogP contribution in [0.5, 0.6) is 0 Å². The fourth-order valence-electron chi connectivity index (χ4n) is 2.68. The van der Waals surface area contributed by atoms with Gasteiger partial charge in [-0.1, -0.05) is 36.9 Å². The number of rotatable bonds is 2. The molecule has 1 aliphatic heterocycles. The second kappa shape index (κ2) is 6.33. The van der Waals surface area contributed by atoms with Crippen LogP contribution in [0.4, 0.5) is 0 Å². The van der Waals surface area contributed by atoms with Crippen molar-refractivity contribution in [2.24, 2.45) is 10.7 Å². The molecule has 0 saturated carbocycles. The highest BCUT2D eigenvalue weighted by Crippen LogP contribution is 2.10. The molecule has 0 spiro atoms. The number of nitrogens with zero attached hydrogens (tertiary/aromatic N) is 2. The van der Waals surface area contributed by atoms with E-state index in [2.05, 4.69) is 16.9 Å². The lowest BCUT2D eigenvalue weighted by atomic mass is 10.0. The monoisotopic (exact) mass is 337 g/mol. The maximum atomic E-state index is 12.7. The fourth-order valence-corrected chi connectivity index (χ4v) is 2.79. The number of nitrogens with one attached hydrogen (secondary N) is 1. The summed E-state index contributed by atoms with van der Waals surface area (Å²) in [6, 6.07) is 15.4. The maximum Gasteiger partial charge on any atom is 0.432 e. The molecule has 1 unspecified atom stereocenters. The number of carbonyl (C=O) groups excluding carboxylic acids is 1. The zero-order valence-electron chi connectivity index (χ0n) is 13.2. The van der Waals surface area contributed by atoms with Crippen molar-refractivity contribution in [3.05, 3.63) is 70.2 Å². The summed E-state index contributed by atoms with van der Waals surface area (Å²) < 4.78 is 1.56. The summed E-state index contributed by atoms with van der Waals surface area (Å²) in [5.74, 6) is -0.230. The largest absolute Gasteiger partial charge is 0.432 e. The standard InChI is InChI=1S/C18H16N4OS/c1-11-8-9-14-13(10-11)15(12-6-4-3-5-7-12)20-16(21-18(19)24)17(23)22(14)2/h3-10,16H,1H2,2H3,(H2-,19,21,24)/p+1. The van der Waals surface area contributed by atoms with E-state index in [4.69, 9.17) is 18.0 Å². The van der Waals surface area contributed by atoms with Crippen molar-refractivity contribution < 1.29 is 4.79 Å². The van der Waals surface area contributed by atoms with Crippen molar-refractivity contribution in [3.63, 3.8) is 0 Å². The van der Waals surface area contributed by atoms with Crippen molar-refractivity contribution in [2.45, 2.75) is 6.17 Å². The van der Waals surface area contributed by atoms with Crippen LogP contribution in [0.25, 0.3) is 6.58 Å². The molecule has 2 aromatic carbocycles. The Hall–Kier alpha value is -2.86. The summed E-state index contributed by atoms with van der Waals surface area (Å²) in [7, 11) is 1.71. The van der Waals surface area contributed by atoms with Gasteiger partial charge in [0.2, 0.25) is 11.5 Å². The first-order chi connectivity index (χ1) is 11.5. The van der Waals surface area contributed by atoms with Gasteiger partial charge < -0.3 is 11.1 Å². The van der Waals surface area contributed by atoms with Gasteiger partial charge >= 0.3 is 5.91 Å². The molecule has 5 nitrogen and oxygen atoms in total. The lowest BCUT2D eigenvalue weighted by molar-refractivity contribution is -0.123. The summed E-state index contributed by atoms with van der Waals surface area (Å²) in [5.41, 5.74) is 8.01. The third kappa shape index (κ3) is 2.96. The Morgan fingerprint density at radius 1 is 1.29 bits per heavy atom. The number of hydrogen-bond acceptors (Lipinski definition) is 3. The number of hydrogen-bond donors (Lipinski definition) is 2. The Bertz CT molecular complexity index is 966. The average molecular weight is 337 g/mol. The molecular formula is C18H17N4OS+. The van der Waals surface area contributed by atoms with E-state index in [0.29, 0.717) is 5.71 Å². The number of thiocarbonyl (C=S) groups is 1. The highest BCUT2D eigenvalue weighted by atomic mass is 32.1. The number of carbonyl (C=O) groups is 1. The van der Waals surface area contributed by atoms with Gasteiger partial charge in [0.15, 0.2) is 5.11 Å². The Balaban J connectivity index is 2.33. The molecule has 0 radical (unpaired) electrons. The molecular weight excluding hydrogens is 320 g/mol. The Morgan fingerprint density at radius 2 is 2.00 bits per heavy atom. The van der Waals surface area contributed by atoms with Crippen LogP contribution in [0.3, 0.4) is 0 Å². The third-order valence-electron chi connectivity index (χ3n) is 3.83. The van der Waals surface area contributed by atoms with Crippen molar-refractivity contribution in [1.82, 2.24) is 9.89 Å². The smallest absolute Gasteiger partial charge is 0.376 e. The summed E-state index contributed by atoms with van der Waals surface area (Å²) in [6.07, 6.45) is -0.872. The molecule has 0 fully saturated rings. The lowest BCUT2D eigenvalue weighted by Gasteiger charge is -2.10. The normalized spacial score (nSPS) is 16.9. The first kappa shape index (κ1) is 16.0. The van der Waals surface area contributed by atoms with Gasteiger partial charge in [0, 0.05) is 11.6 Å². The van der Waals surface area contributed by atoms with E-state index in [1.54, 1.807) is 11.6 Å². The molecule has 0 bridgehead atoms. The number of aliphatic imine (C=N–C) groups is 1. The molecule has 6 heteroatoms. The number of fused-ring (bicyclic) bond motifs is 1. The quantitative estimate of drug-likeness (QED) is 0.586. The number of likely N-dealkylation sites (N-methyl/N-ethyl adjacent to an activating group) is 1. The van der Waals surface area contributed by atoms with Crippen LogP contribution in [-0.2, 0) is 4.79 Å². The second-order valence-corrected chi connectivity index (χ2v) is 5.94. The van der Waals surface area contributed by atoms with E-state index in [1.165, 1.54) is 0 Å². The summed E-state index contributed by atoms with van der Waals surface area (Å²) in [4.78, 5) is 17.3. The van der Waals surface area contributed by atoms with Gasteiger partial charge in [0.1, 0.15) is 7.05 Å². The van der Waals surface area contributed by atoms with Gasteiger partial charge in [-0.2, -0.15) is 4.58 Å². The van der Waals surface area contributed by atoms with E-state index in [0.717, 1.165) is 21.7 Å². The minimum Gasteiger partial charge on any atom is -0.376 e. The predicted molar refractivity (Wildman–Crippen MR) is 99.2 cm³/mol. The van der Waals surface area contributed by atoms with Gasteiger partial charge in [-0.25, -0.2) is 9.79 Å². The molecule has 1 heterocycles. The first-order valence-electron chi connectivity index (χ1n) is 7.40. The van der Waals surface area contributed by atoms with E-state index in [9.17, 15) is 4.79 Å². The van der Waals surface area contributed by atoms with Crippen LogP contribution in [0, 0.1) is 0 Å². The van der Waals surface area contributed by atoms with Crippen molar-refractivity contribution in [3.8, 4) is 0 Å². The molecule has 3 rings (SSSR count). The zero-order valence-corrected chi connectivity index (χ0v) is 14.0. The summed E-state index contributed by atoms with van der Waals surface area (Å²) >= 11 is 4.89. The first-order valence-corrected chi connectivity index (χ1v) is 7.81. The highest BCUT2D eigenvalue weighted by Gasteiger charge is 2.32. The van der Waals surface area contributed by atoms with E-state index < -0.39 is 6.17 Å². The van der Waals surface area contributed by atoms with Crippen molar-refractivity contribution in [1.29, 1.82) is 0 Å². The fraction of sp³-hybridized carbons (Fsp3) is 0.111. The maximum absolute atomic E-state index is 12.7. The van der Waals surface area contributed by atoms with E-state index in [1.807, 2.05) is 48.5 Å². The molecule has 24 heavy (non-hydrogen) atoms. The Labute approximate surface area is 144 Å². The van der Waals surface area contributed by atoms with Gasteiger partial charge in [-0.15, -0.1) is 0 Å². The summed E-state index contributed by atoms with van der Waals surface area (Å²) in [5, 5.41) is 4.41. The number of nitrogens with two attached hydrogens (primary N) is 1. The van der Waals surface area contributed by atoms with Crippen molar-refractivity contribution >= 4 is 35.5 Å². The van der Waals surface area contributed by atoms with E-state index in [-0.39, 0.29) is 11.0 Å². The lowest BCUT2D eigenvalue weighted by Crippen LogP contribution is -2.48. The minimum atomic E-state index is -0.872. The predicted octanol–water partition coefficient (Wildman–Crippen LogP) is -0.245. The molecule has 0 aliphatic carbocycles. The number of amides is 1.